The lowest BCUT2D eigenvalue weighted by molar-refractivity contribution is -0.131. The first kappa shape index (κ1) is 21.5. The fourth-order valence-corrected chi connectivity index (χ4v) is 4.76. The van der Waals surface area contributed by atoms with Gasteiger partial charge in [0.25, 0.3) is 5.56 Å². The molecule has 0 radical (unpaired) electrons. The first-order chi connectivity index (χ1) is 14.8. The number of hydrogen-bond acceptors (Lipinski definition) is 4. The molecule has 0 saturated carbocycles. The van der Waals surface area contributed by atoms with Crippen LogP contribution >= 0.6 is 11.8 Å². The number of thioether (sulfide) groups is 1. The number of nitrogens with zero attached hydrogens (tertiary/aromatic N) is 3. The van der Waals surface area contributed by atoms with Crippen molar-refractivity contribution in [2.45, 2.75) is 37.1 Å². The minimum absolute atomic E-state index is 0.0366. The van der Waals surface area contributed by atoms with Crippen molar-refractivity contribution in [1.29, 1.82) is 0 Å². The number of rotatable bonds is 4. The number of halogens is 2. The third kappa shape index (κ3) is 4.35. The molecule has 0 spiro atoms. The van der Waals surface area contributed by atoms with Gasteiger partial charge in [-0.1, -0.05) is 30.8 Å². The van der Waals surface area contributed by atoms with E-state index in [9.17, 15) is 18.4 Å². The molecule has 1 fully saturated rings. The minimum atomic E-state index is -0.870. The van der Waals surface area contributed by atoms with Crippen molar-refractivity contribution in [2.24, 2.45) is 5.92 Å². The lowest BCUT2D eigenvalue weighted by Crippen LogP contribution is -2.42. The molecule has 2 heterocycles. The molecular formula is C23H23F2N3O2S. The van der Waals surface area contributed by atoms with E-state index in [2.05, 4.69) is 11.9 Å². The Morgan fingerprint density at radius 3 is 2.58 bits per heavy atom. The summed E-state index contributed by atoms with van der Waals surface area (Å²) in [7, 11) is 0. The summed E-state index contributed by atoms with van der Waals surface area (Å²) >= 11 is 1.11. The molecule has 31 heavy (non-hydrogen) atoms. The van der Waals surface area contributed by atoms with E-state index in [4.69, 9.17) is 0 Å². The summed E-state index contributed by atoms with van der Waals surface area (Å²) in [4.78, 5) is 32.6. The van der Waals surface area contributed by atoms with Crippen LogP contribution in [0.4, 0.5) is 8.78 Å². The van der Waals surface area contributed by atoms with E-state index in [0.717, 1.165) is 41.3 Å². The predicted molar refractivity (Wildman–Crippen MR) is 118 cm³/mol. The van der Waals surface area contributed by atoms with E-state index in [1.54, 1.807) is 31.2 Å². The number of piperidine rings is 1. The molecule has 8 heteroatoms. The second-order valence-corrected chi connectivity index (χ2v) is 9.22. The van der Waals surface area contributed by atoms with Gasteiger partial charge in [-0.3, -0.25) is 14.2 Å². The van der Waals surface area contributed by atoms with Crippen molar-refractivity contribution in [3.05, 3.63) is 64.5 Å². The van der Waals surface area contributed by atoms with Gasteiger partial charge in [-0.2, -0.15) is 0 Å². The van der Waals surface area contributed by atoms with Crippen LogP contribution in [0.25, 0.3) is 16.6 Å². The van der Waals surface area contributed by atoms with Crippen LogP contribution in [0, 0.1) is 17.6 Å². The average molecular weight is 444 g/mol. The fourth-order valence-electron chi connectivity index (χ4n) is 3.76. The van der Waals surface area contributed by atoms with E-state index in [0.29, 0.717) is 29.9 Å². The molecule has 0 bridgehead atoms. The molecule has 4 rings (SSSR count). The smallest absolute Gasteiger partial charge is 0.266 e. The number of carbonyl (C=O) groups is 1. The maximum Gasteiger partial charge on any atom is 0.266 e. The highest BCUT2D eigenvalue weighted by atomic mass is 32.2. The van der Waals surface area contributed by atoms with Crippen molar-refractivity contribution < 1.29 is 13.6 Å². The minimum Gasteiger partial charge on any atom is -0.342 e. The van der Waals surface area contributed by atoms with Crippen molar-refractivity contribution in [2.75, 3.05) is 13.1 Å². The number of likely N-dealkylation sites (tertiary alicyclic amines) is 1. The normalized spacial score (nSPS) is 15.9. The quantitative estimate of drug-likeness (QED) is 0.443. The highest BCUT2D eigenvalue weighted by molar-refractivity contribution is 8.00. The van der Waals surface area contributed by atoms with Crippen LogP contribution in [-0.2, 0) is 4.79 Å². The Kier molecular flexibility index (Phi) is 6.09. The van der Waals surface area contributed by atoms with Crippen molar-refractivity contribution >= 4 is 28.6 Å². The van der Waals surface area contributed by atoms with Crippen LogP contribution < -0.4 is 5.56 Å². The van der Waals surface area contributed by atoms with Gasteiger partial charge in [-0.05, 0) is 49.9 Å². The van der Waals surface area contributed by atoms with Gasteiger partial charge in [-0.25, -0.2) is 13.8 Å². The van der Waals surface area contributed by atoms with Crippen molar-refractivity contribution in [1.82, 2.24) is 14.5 Å². The lowest BCUT2D eigenvalue weighted by Gasteiger charge is -2.32. The molecular weight excluding hydrogens is 420 g/mol. The van der Waals surface area contributed by atoms with Crippen LogP contribution in [0.2, 0.25) is 0 Å². The molecule has 1 aliphatic rings. The van der Waals surface area contributed by atoms with Gasteiger partial charge in [-0.15, -0.1) is 0 Å². The molecule has 5 nitrogen and oxygen atoms in total. The number of para-hydroxylation sites is 1. The maximum absolute atomic E-state index is 14.6. The summed E-state index contributed by atoms with van der Waals surface area (Å²) in [6.07, 6.45) is 1.92. The van der Waals surface area contributed by atoms with Crippen LogP contribution in [0.1, 0.15) is 26.7 Å². The molecule has 0 N–H and O–H groups in total. The Balaban J connectivity index is 1.76. The first-order valence-corrected chi connectivity index (χ1v) is 11.2. The standard InChI is InChI=1S/C23H23F2N3O2S/c1-14-9-11-27(12-10-14)21(29)15(2)31-23-26-19-6-4-3-5-17(19)22(30)28(23)20-8-7-16(24)13-18(20)25/h3-8,13-15H,9-12H2,1-2H3. The van der Waals surface area contributed by atoms with Crippen LogP contribution in [0.15, 0.2) is 52.4 Å². The molecule has 1 amide bonds. The fraction of sp³-hybridized carbons (Fsp3) is 0.348. The zero-order valence-electron chi connectivity index (χ0n) is 17.3. The third-order valence-corrected chi connectivity index (χ3v) is 6.66. The summed E-state index contributed by atoms with van der Waals surface area (Å²) in [5.74, 6) is -1.05. The van der Waals surface area contributed by atoms with Crippen LogP contribution in [0.5, 0.6) is 0 Å². The Labute approximate surface area is 183 Å². The molecule has 1 atom stereocenters. The summed E-state index contributed by atoms with van der Waals surface area (Å²) in [5, 5.41) is -0.00348. The highest BCUT2D eigenvalue weighted by Gasteiger charge is 2.27. The van der Waals surface area contributed by atoms with Crippen molar-refractivity contribution in [3.63, 3.8) is 0 Å². The second kappa shape index (κ2) is 8.78. The molecule has 1 aromatic heterocycles. The summed E-state index contributed by atoms with van der Waals surface area (Å²) in [5.41, 5.74) is -0.108. The van der Waals surface area contributed by atoms with E-state index in [1.807, 2.05) is 4.90 Å². The van der Waals surface area contributed by atoms with Gasteiger partial charge >= 0.3 is 0 Å². The van der Waals surface area contributed by atoms with Gasteiger partial charge in [0.2, 0.25) is 5.91 Å². The Morgan fingerprint density at radius 1 is 1.16 bits per heavy atom. The second-order valence-electron chi connectivity index (χ2n) is 7.92. The van der Waals surface area contributed by atoms with E-state index >= 15 is 0 Å². The summed E-state index contributed by atoms with van der Waals surface area (Å²) in [6, 6.07) is 9.81. The lowest BCUT2D eigenvalue weighted by atomic mass is 9.99. The van der Waals surface area contributed by atoms with Crippen molar-refractivity contribution in [3.8, 4) is 5.69 Å². The number of hydrogen-bond donors (Lipinski definition) is 0. The van der Waals surface area contributed by atoms with Gasteiger partial charge < -0.3 is 4.90 Å². The number of carbonyl (C=O) groups excluding carboxylic acids is 1. The molecule has 162 valence electrons. The topological polar surface area (TPSA) is 55.2 Å². The Hall–Kier alpha value is -2.74. The van der Waals surface area contributed by atoms with Gasteiger partial charge in [0, 0.05) is 19.2 Å². The zero-order chi connectivity index (χ0) is 22.1. The van der Waals surface area contributed by atoms with E-state index in [1.165, 1.54) is 6.07 Å². The maximum atomic E-state index is 14.6. The molecule has 1 unspecified atom stereocenters. The number of benzene rings is 2. The molecule has 1 saturated heterocycles. The number of aromatic nitrogens is 2. The Morgan fingerprint density at radius 2 is 1.87 bits per heavy atom. The van der Waals surface area contributed by atoms with Gasteiger partial charge in [0.05, 0.1) is 21.8 Å². The Bertz CT molecular complexity index is 1190. The van der Waals surface area contributed by atoms with Gasteiger partial charge in [0.1, 0.15) is 11.6 Å². The molecule has 2 aromatic carbocycles. The molecule has 0 aliphatic carbocycles. The predicted octanol–water partition coefficient (Wildman–Crippen LogP) is 4.40. The average Bonchev–Trinajstić information content (AvgIpc) is 2.75. The summed E-state index contributed by atoms with van der Waals surface area (Å²) < 4.78 is 29.2. The first-order valence-electron chi connectivity index (χ1n) is 10.3. The van der Waals surface area contributed by atoms with E-state index in [-0.39, 0.29) is 16.8 Å². The monoisotopic (exact) mass is 443 g/mol. The van der Waals surface area contributed by atoms with Crippen LogP contribution in [-0.4, -0.2) is 38.7 Å². The highest BCUT2D eigenvalue weighted by Crippen LogP contribution is 2.28. The molecule has 3 aromatic rings. The molecule has 1 aliphatic heterocycles. The zero-order valence-corrected chi connectivity index (χ0v) is 18.2. The number of amides is 1. The SMILES string of the molecule is CC1CCN(C(=O)C(C)Sc2nc3ccccc3c(=O)n2-c2ccc(F)cc2F)CC1. The van der Waals surface area contributed by atoms with E-state index < -0.39 is 22.4 Å². The van der Waals surface area contributed by atoms with Crippen LogP contribution in [0.3, 0.4) is 0 Å². The van der Waals surface area contributed by atoms with Gasteiger partial charge in [0.15, 0.2) is 5.16 Å². The summed E-state index contributed by atoms with van der Waals surface area (Å²) in [6.45, 7) is 5.34. The number of fused-ring (bicyclic) bond motifs is 1. The third-order valence-electron chi connectivity index (χ3n) is 5.62. The largest absolute Gasteiger partial charge is 0.342 e.